The Hall–Kier alpha value is -2.00. The lowest BCUT2D eigenvalue weighted by Gasteiger charge is -2.20. The van der Waals surface area contributed by atoms with Crippen LogP contribution in [0.15, 0.2) is 23.2 Å². The number of ether oxygens (including phenoxy) is 2. The number of nitrogens with zero attached hydrogens (tertiary/aromatic N) is 1. The maximum absolute atomic E-state index is 11.4. The summed E-state index contributed by atoms with van der Waals surface area (Å²) < 4.78 is 36.6. The monoisotopic (exact) mass is 400 g/mol. The van der Waals surface area contributed by atoms with Crippen LogP contribution in [0.4, 0.5) is 0 Å². The van der Waals surface area contributed by atoms with Crippen LogP contribution in [0, 0.1) is 0 Å². The Labute approximate surface area is 162 Å². The zero-order valence-electron chi connectivity index (χ0n) is 16.8. The first kappa shape index (κ1) is 23.0. The van der Waals surface area contributed by atoms with Gasteiger partial charge in [-0.05, 0) is 45.4 Å². The Balaban J connectivity index is 2.67. The van der Waals surface area contributed by atoms with Crippen LogP contribution >= 0.6 is 0 Å². The molecular weight excluding hydrogens is 368 g/mol. The van der Waals surface area contributed by atoms with Gasteiger partial charge in [-0.1, -0.05) is 6.07 Å². The predicted molar refractivity (Wildman–Crippen MR) is 109 cm³/mol. The molecule has 3 N–H and O–H groups in total. The summed E-state index contributed by atoms with van der Waals surface area (Å²) in [6, 6.07) is 5.80. The topological polar surface area (TPSA) is 101 Å². The molecule has 0 fully saturated rings. The number of nitrogens with one attached hydrogen (secondary N) is 3. The number of aliphatic imine (C=N–C) groups is 1. The first-order valence-electron chi connectivity index (χ1n) is 9.20. The Morgan fingerprint density at radius 2 is 1.78 bits per heavy atom. The largest absolute Gasteiger partial charge is 0.490 e. The van der Waals surface area contributed by atoms with Gasteiger partial charge in [0.25, 0.3) is 0 Å². The minimum atomic E-state index is -3.19. The molecule has 0 radical (unpaired) electrons. The van der Waals surface area contributed by atoms with E-state index < -0.39 is 10.0 Å². The van der Waals surface area contributed by atoms with E-state index in [-0.39, 0.29) is 11.8 Å². The van der Waals surface area contributed by atoms with Crippen LogP contribution in [0.25, 0.3) is 0 Å². The summed E-state index contributed by atoms with van der Waals surface area (Å²) in [7, 11) is -1.52. The van der Waals surface area contributed by atoms with Crippen LogP contribution in [-0.2, 0) is 10.0 Å². The second kappa shape index (κ2) is 11.7. The van der Waals surface area contributed by atoms with Crippen molar-refractivity contribution < 1.29 is 17.9 Å². The van der Waals surface area contributed by atoms with Gasteiger partial charge in [0.1, 0.15) is 0 Å². The maximum Gasteiger partial charge on any atom is 0.211 e. The molecule has 1 unspecified atom stereocenters. The standard InChI is InChI=1S/C18H32N4O4S/c1-6-25-16-10-9-15(13-17(16)26-7-2)14(4)22-18(19-5)20-11-12-21-27(23,24)8-3/h9-10,13-14,21H,6-8,11-12H2,1-5H3,(H2,19,20,22). The van der Waals surface area contributed by atoms with Crippen LogP contribution in [0.2, 0.25) is 0 Å². The summed E-state index contributed by atoms with van der Waals surface area (Å²) >= 11 is 0. The third kappa shape index (κ3) is 8.04. The average molecular weight is 401 g/mol. The molecule has 0 spiro atoms. The molecule has 0 aliphatic carbocycles. The van der Waals surface area contributed by atoms with Crippen molar-refractivity contribution in [2.75, 3.05) is 39.1 Å². The summed E-state index contributed by atoms with van der Waals surface area (Å²) in [4.78, 5) is 4.17. The molecule has 0 aliphatic heterocycles. The van der Waals surface area contributed by atoms with Crippen LogP contribution in [0.1, 0.15) is 39.3 Å². The number of hydrogen-bond acceptors (Lipinski definition) is 5. The highest BCUT2D eigenvalue weighted by Gasteiger charge is 2.12. The fourth-order valence-electron chi connectivity index (χ4n) is 2.31. The zero-order chi connectivity index (χ0) is 20.3. The SMILES string of the molecule is CCOc1ccc(C(C)NC(=NC)NCCNS(=O)(=O)CC)cc1OCC. The molecule has 0 saturated carbocycles. The normalized spacial score (nSPS) is 13.1. The number of sulfonamides is 1. The highest BCUT2D eigenvalue weighted by Crippen LogP contribution is 2.30. The molecule has 0 aliphatic rings. The molecule has 1 aromatic carbocycles. The van der Waals surface area contributed by atoms with E-state index in [1.54, 1.807) is 14.0 Å². The lowest BCUT2D eigenvalue weighted by molar-refractivity contribution is 0.287. The van der Waals surface area contributed by atoms with Crippen LogP contribution < -0.4 is 24.8 Å². The van der Waals surface area contributed by atoms with Crippen molar-refractivity contribution in [3.63, 3.8) is 0 Å². The summed E-state index contributed by atoms with van der Waals surface area (Å²) in [6.07, 6.45) is 0. The number of rotatable bonds is 11. The predicted octanol–water partition coefficient (Wildman–Crippen LogP) is 1.65. The Morgan fingerprint density at radius 1 is 1.11 bits per heavy atom. The van der Waals surface area contributed by atoms with E-state index in [4.69, 9.17) is 9.47 Å². The van der Waals surface area contributed by atoms with Gasteiger partial charge in [0.05, 0.1) is 25.0 Å². The molecule has 0 saturated heterocycles. The molecule has 1 rings (SSSR count). The summed E-state index contributed by atoms with van der Waals surface area (Å²) in [5.41, 5.74) is 1.02. The van der Waals surface area contributed by atoms with Crippen LogP contribution in [0.5, 0.6) is 11.5 Å². The highest BCUT2D eigenvalue weighted by molar-refractivity contribution is 7.89. The Morgan fingerprint density at radius 3 is 2.37 bits per heavy atom. The minimum Gasteiger partial charge on any atom is -0.490 e. The lowest BCUT2D eigenvalue weighted by atomic mass is 10.1. The van der Waals surface area contributed by atoms with E-state index in [0.717, 1.165) is 11.3 Å². The Bertz CT molecular complexity index is 707. The zero-order valence-corrected chi connectivity index (χ0v) is 17.6. The van der Waals surface area contributed by atoms with Gasteiger partial charge in [0.2, 0.25) is 10.0 Å². The van der Waals surface area contributed by atoms with Gasteiger partial charge >= 0.3 is 0 Å². The Kier molecular flexibility index (Phi) is 9.95. The first-order valence-corrected chi connectivity index (χ1v) is 10.9. The smallest absolute Gasteiger partial charge is 0.211 e. The van der Waals surface area contributed by atoms with E-state index in [9.17, 15) is 8.42 Å². The van der Waals surface area contributed by atoms with Crippen molar-refractivity contribution in [3.8, 4) is 11.5 Å². The number of guanidine groups is 1. The van der Waals surface area contributed by atoms with Crippen molar-refractivity contribution in [1.82, 2.24) is 15.4 Å². The fraction of sp³-hybridized carbons (Fsp3) is 0.611. The fourth-order valence-corrected chi connectivity index (χ4v) is 2.93. The van der Waals surface area contributed by atoms with Gasteiger partial charge < -0.3 is 20.1 Å². The van der Waals surface area contributed by atoms with Gasteiger partial charge in [-0.15, -0.1) is 0 Å². The van der Waals surface area contributed by atoms with E-state index in [1.807, 2.05) is 39.0 Å². The molecule has 0 aromatic heterocycles. The van der Waals surface area contributed by atoms with Gasteiger partial charge in [-0.2, -0.15) is 0 Å². The highest BCUT2D eigenvalue weighted by atomic mass is 32.2. The van der Waals surface area contributed by atoms with Crippen LogP contribution in [0.3, 0.4) is 0 Å². The van der Waals surface area contributed by atoms with Crippen LogP contribution in [-0.4, -0.2) is 53.5 Å². The summed E-state index contributed by atoms with van der Waals surface area (Å²) in [5, 5.41) is 6.37. The first-order chi connectivity index (χ1) is 12.9. The van der Waals surface area contributed by atoms with Gasteiger partial charge in [-0.3, -0.25) is 4.99 Å². The molecule has 8 nitrogen and oxygen atoms in total. The second-order valence-electron chi connectivity index (χ2n) is 5.73. The van der Waals surface area contributed by atoms with Crippen molar-refractivity contribution in [2.45, 2.75) is 33.7 Å². The van der Waals surface area contributed by atoms with Gasteiger partial charge in [-0.25, -0.2) is 13.1 Å². The third-order valence-electron chi connectivity index (χ3n) is 3.76. The number of benzene rings is 1. The van der Waals surface area contributed by atoms with E-state index in [0.29, 0.717) is 38.0 Å². The van der Waals surface area contributed by atoms with E-state index >= 15 is 0 Å². The maximum atomic E-state index is 11.4. The van der Waals surface area contributed by atoms with E-state index in [2.05, 4.69) is 20.3 Å². The van der Waals surface area contributed by atoms with Crippen molar-refractivity contribution >= 4 is 16.0 Å². The van der Waals surface area contributed by atoms with Crippen molar-refractivity contribution in [2.24, 2.45) is 4.99 Å². The molecule has 9 heteroatoms. The minimum absolute atomic E-state index is 0.0292. The third-order valence-corrected chi connectivity index (χ3v) is 5.17. The van der Waals surface area contributed by atoms with E-state index in [1.165, 1.54) is 0 Å². The summed E-state index contributed by atoms with van der Waals surface area (Å²) in [6.45, 7) is 9.34. The molecule has 0 bridgehead atoms. The van der Waals surface area contributed by atoms with Gasteiger partial charge in [0.15, 0.2) is 17.5 Å². The lowest BCUT2D eigenvalue weighted by Crippen LogP contribution is -2.42. The van der Waals surface area contributed by atoms with Gasteiger partial charge in [0, 0.05) is 20.1 Å². The second-order valence-corrected chi connectivity index (χ2v) is 7.83. The quantitative estimate of drug-likeness (QED) is 0.297. The van der Waals surface area contributed by atoms with Crippen molar-refractivity contribution in [3.05, 3.63) is 23.8 Å². The molecule has 1 atom stereocenters. The molecule has 0 amide bonds. The molecule has 0 heterocycles. The molecular formula is C18H32N4O4S. The molecule has 27 heavy (non-hydrogen) atoms. The summed E-state index contributed by atoms with van der Waals surface area (Å²) in [5.74, 6) is 2.09. The molecule has 1 aromatic rings. The van der Waals surface area contributed by atoms with Crippen molar-refractivity contribution in [1.29, 1.82) is 0 Å². The number of hydrogen-bond donors (Lipinski definition) is 3. The molecule has 154 valence electrons. The average Bonchev–Trinajstić information content (AvgIpc) is 2.65.